The largest absolute Gasteiger partial charge is 0.369 e. The summed E-state index contributed by atoms with van der Waals surface area (Å²) in [5.41, 5.74) is 9.02. The predicted octanol–water partition coefficient (Wildman–Crippen LogP) is 1.94. The Hall–Kier alpha value is -1.52. The molecule has 2 heterocycles. The van der Waals surface area contributed by atoms with Crippen LogP contribution in [0, 0.1) is 12.8 Å². The highest BCUT2D eigenvalue weighted by molar-refractivity contribution is 5.77. The Balaban J connectivity index is 2.03. The standard InChI is InChI=1S/C12H19N5/c1-3-17-11-10(8(2)15-17)14-12(13)16(11)7-6-9-4-5-9/h9H,3-7H2,1-2H3,(H2,13,14). The molecule has 0 atom stereocenters. The average Bonchev–Trinajstić information content (AvgIpc) is 3.01. The highest BCUT2D eigenvalue weighted by Gasteiger charge is 2.23. The van der Waals surface area contributed by atoms with Crippen molar-refractivity contribution in [3.8, 4) is 0 Å². The van der Waals surface area contributed by atoms with E-state index in [4.69, 9.17) is 5.73 Å². The molecule has 0 radical (unpaired) electrons. The van der Waals surface area contributed by atoms with Gasteiger partial charge in [0, 0.05) is 13.1 Å². The quantitative estimate of drug-likeness (QED) is 0.877. The second kappa shape index (κ2) is 3.75. The van der Waals surface area contributed by atoms with Crippen molar-refractivity contribution in [1.82, 2.24) is 19.3 Å². The molecule has 0 saturated heterocycles. The van der Waals surface area contributed by atoms with Crippen molar-refractivity contribution in [2.24, 2.45) is 5.92 Å². The van der Waals surface area contributed by atoms with Gasteiger partial charge < -0.3 is 5.73 Å². The molecule has 0 amide bonds. The number of fused-ring (bicyclic) bond motifs is 1. The zero-order chi connectivity index (χ0) is 12.0. The SMILES string of the molecule is CCn1nc(C)c2nc(N)n(CCC3CC3)c21. The fourth-order valence-electron chi connectivity index (χ4n) is 2.40. The van der Waals surface area contributed by atoms with E-state index < -0.39 is 0 Å². The summed E-state index contributed by atoms with van der Waals surface area (Å²) >= 11 is 0. The van der Waals surface area contributed by atoms with Crippen LogP contribution in [0.5, 0.6) is 0 Å². The van der Waals surface area contributed by atoms with Gasteiger partial charge in [0.1, 0.15) is 5.52 Å². The number of hydrogen-bond acceptors (Lipinski definition) is 3. The summed E-state index contributed by atoms with van der Waals surface area (Å²) < 4.78 is 4.12. The third-order valence-electron chi connectivity index (χ3n) is 3.59. The fourth-order valence-corrected chi connectivity index (χ4v) is 2.40. The molecule has 1 fully saturated rings. The summed E-state index contributed by atoms with van der Waals surface area (Å²) in [5.74, 6) is 1.54. The van der Waals surface area contributed by atoms with E-state index in [1.807, 2.05) is 11.6 Å². The summed E-state index contributed by atoms with van der Waals surface area (Å²) in [4.78, 5) is 4.44. The molecule has 2 aromatic heterocycles. The molecule has 17 heavy (non-hydrogen) atoms. The van der Waals surface area contributed by atoms with E-state index in [9.17, 15) is 0 Å². The van der Waals surface area contributed by atoms with Gasteiger partial charge in [-0.15, -0.1) is 0 Å². The molecule has 2 N–H and O–H groups in total. The molecule has 0 aliphatic heterocycles. The van der Waals surface area contributed by atoms with Crippen LogP contribution in [0.25, 0.3) is 11.2 Å². The number of nitrogens with two attached hydrogens (primary N) is 1. The van der Waals surface area contributed by atoms with Crippen LogP contribution in [0.15, 0.2) is 0 Å². The van der Waals surface area contributed by atoms with Crippen LogP contribution in [-0.2, 0) is 13.1 Å². The van der Waals surface area contributed by atoms with E-state index in [-0.39, 0.29) is 0 Å². The van der Waals surface area contributed by atoms with Gasteiger partial charge in [-0.2, -0.15) is 5.10 Å². The highest BCUT2D eigenvalue weighted by Crippen LogP contribution is 2.33. The number of aromatic nitrogens is 4. The van der Waals surface area contributed by atoms with Gasteiger partial charge in [-0.1, -0.05) is 12.8 Å². The smallest absolute Gasteiger partial charge is 0.202 e. The van der Waals surface area contributed by atoms with E-state index in [2.05, 4.69) is 21.6 Å². The van der Waals surface area contributed by atoms with Crippen molar-refractivity contribution < 1.29 is 0 Å². The second-order valence-electron chi connectivity index (χ2n) is 4.93. The minimum Gasteiger partial charge on any atom is -0.369 e. The maximum Gasteiger partial charge on any atom is 0.202 e. The zero-order valence-corrected chi connectivity index (χ0v) is 10.5. The normalized spacial score (nSPS) is 15.9. The van der Waals surface area contributed by atoms with E-state index in [0.29, 0.717) is 5.95 Å². The maximum absolute atomic E-state index is 6.01. The lowest BCUT2D eigenvalue weighted by atomic mass is 10.3. The third kappa shape index (κ3) is 1.69. The molecular weight excluding hydrogens is 214 g/mol. The van der Waals surface area contributed by atoms with Gasteiger partial charge >= 0.3 is 0 Å². The Labute approximate surface area is 101 Å². The molecule has 1 aliphatic carbocycles. The molecule has 0 unspecified atom stereocenters. The molecule has 5 heteroatoms. The number of rotatable bonds is 4. The minimum absolute atomic E-state index is 0.628. The number of hydrogen-bond donors (Lipinski definition) is 1. The molecule has 2 aromatic rings. The molecule has 0 spiro atoms. The first kappa shape index (κ1) is 10.6. The van der Waals surface area contributed by atoms with E-state index >= 15 is 0 Å². The molecule has 3 rings (SSSR count). The first-order valence-corrected chi connectivity index (χ1v) is 6.39. The van der Waals surface area contributed by atoms with Crippen molar-refractivity contribution in [3.05, 3.63) is 5.69 Å². The first-order chi connectivity index (χ1) is 8.20. The summed E-state index contributed by atoms with van der Waals surface area (Å²) in [6.07, 6.45) is 3.97. The van der Waals surface area contributed by atoms with Crippen molar-refractivity contribution in [1.29, 1.82) is 0 Å². The van der Waals surface area contributed by atoms with Gasteiger partial charge in [-0.3, -0.25) is 4.57 Å². The summed E-state index contributed by atoms with van der Waals surface area (Å²) in [5, 5.41) is 4.49. The lowest BCUT2D eigenvalue weighted by Gasteiger charge is -2.07. The molecule has 1 aliphatic rings. The maximum atomic E-state index is 6.01. The summed E-state index contributed by atoms with van der Waals surface area (Å²) in [6.45, 7) is 5.92. The Kier molecular flexibility index (Phi) is 2.34. The Morgan fingerprint density at radius 2 is 2.18 bits per heavy atom. The van der Waals surface area contributed by atoms with Gasteiger partial charge in [0.15, 0.2) is 5.65 Å². The van der Waals surface area contributed by atoms with Crippen LogP contribution in [0.2, 0.25) is 0 Å². The Bertz CT molecular complexity index is 547. The average molecular weight is 233 g/mol. The molecule has 0 bridgehead atoms. The molecule has 1 saturated carbocycles. The van der Waals surface area contributed by atoms with Crippen LogP contribution < -0.4 is 5.73 Å². The van der Waals surface area contributed by atoms with Crippen molar-refractivity contribution in [3.63, 3.8) is 0 Å². The topological polar surface area (TPSA) is 61.7 Å². The highest BCUT2D eigenvalue weighted by atomic mass is 15.4. The molecule has 92 valence electrons. The van der Waals surface area contributed by atoms with Gasteiger partial charge in [0.05, 0.1) is 5.69 Å². The molecular formula is C12H19N5. The molecule has 5 nitrogen and oxygen atoms in total. The number of nitrogens with zero attached hydrogens (tertiary/aromatic N) is 4. The molecule has 0 aromatic carbocycles. The van der Waals surface area contributed by atoms with E-state index in [0.717, 1.165) is 35.9 Å². The van der Waals surface area contributed by atoms with Crippen LogP contribution in [0.1, 0.15) is 31.9 Å². The number of nitrogen functional groups attached to an aromatic ring is 1. The van der Waals surface area contributed by atoms with Gasteiger partial charge in [0.25, 0.3) is 0 Å². The number of imidazole rings is 1. The van der Waals surface area contributed by atoms with E-state index in [1.54, 1.807) is 0 Å². The van der Waals surface area contributed by atoms with Crippen molar-refractivity contribution in [2.75, 3.05) is 5.73 Å². The zero-order valence-electron chi connectivity index (χ0n) is 10.5. The van der Waals surface area contributed by atoms with Crippen LogP contribution >= 0.6 is 0 Å². The fraction of sp³-hybridized carbons (Fsp3) is 0.667. The van der Waals surface area contributed by atoms with Crippen molar-refractivity contribution in [2.45, 2.75) is 46.2 Å². The van der Waals surface area contributed by atoms with Crippen LogP contribution in [-0.4, -0.2) is 19.3 Å². The van der Waals surface area contributed by atoms with Crippen molar-refractivity contribution >= 4 is 17.1 Å². The summed E-state index contributed by atoms with van der Waals surface area (Å²) in [6, 6.07) is 0. The lowest BCUT2D eigenvalue weighted by Crippen LogP contribution is -2.08. The Morgan fingerprint density at radius 1 is 1.41 bits per heavy atom. The Morgan fingerprint density at radius 3 is 2.82 bits per heavy atom. The summed E-state index contributed by atoms with van der Waals surface area (Å²) in [7, 11) is 0. The third-order valence-corrected chi connectivity index (χ3v) is 3.59. The second-order valence-corrected chi connectivity index (χ2v) is 4.93. The number of anilines is 1. The van der Waals surface area contributed by atoms with Gasteiger partial charge in [-0.05, 0) is 26.2 Å². The monoisotopic (exact) mass is 233 g/mol. The van der Waals surface area contributed by atoms with Crippen LogP contribution in [0.3, 0.4) is 0 Å². The first-order valence-electron chi connectivity index (χ1n) is 6.39. The van der Waals surface area contributed by atoms with Gasteiger partial charge in [0.2, 0.25) is 5.95 Å². The van der Waals surface area contributed by atoms with E-state index in [1.165, 1.54) is 19.3 Å². The minimum atomic E-state index is 0.628. The van der Waals surface area contributed by atoms with Crippen LogP contribution in [0.4, 0.5) is 5.95 Å². The van der Waals surface area contributed by atoms with Gasteiger partial charge in [-0.25, -0.2) is 9.67 Å². The number of aryl methyl sites for hydroxylation is 3. The lowest BCUT2D eigenvalue weighted by molar-refractivity contribution is 0.585. The predicted molar refractivity (Wildman–Crippen MR) is 67.7 cm³/mol.